The monoisotopic (exact) mass is 482 g/mol. The van der Waals surface area contributed by atoms with Crippen LogP contribution in [0.4, 0.5) is 5.82 Å². The number of aromatic nitrogens is 3. The number of carbonyl (C=O) groups is 2. The zero-order valence-corrected chi connectivity index (χ0v) is 21.7. The van der Waals surface area contributed by atoms with Gasteiger partial charge in [0.1, 0.15) is 17.2 Å². The second-order valence-corrected chi connectivity index (χ2v) is 10.5. The number of nitrogens with one attached hydrogen (secondary N) is 2. The molecular weight excluding hydrogens is 444 g/mol. The average Bonchev–Trinajstić information content (AvgIpc) is 2.85. The summed E-state index contributed by atoms with van der Waals surface area (Å²) in [5.74, 6) is 0.716. The van der Waals surface area contributed by atoms with Crippen molar-refractivity contribution in [1.29, 1.82) is 0 Å². The van der Waals surface area contributed by atoms with Crippen LogP contribution >= 0.6 is 0 Å². The number of carbonyl (C=O) groups excluding carboxylic acids is 2. The third kappa shape index (κ3) is 6.97. The number of hydrogen-bond donors (Lipinski definition) is 2. The molecule has 0 aliphatic carbocycles. The Morgan fingerprint density at radius 1 is 1.26 bits per heavy atom. The van der Waals surface area contributed by atoms with Gasteiger partial charge in [0, 0.05) is 56.2 Å². The van der Waals surface area contributed by atoms with Crippen molar-refractivity contribution in [2.45, 2.75) is 59.0 Å². The van der Waals surface area contributed by atoms with Crippen LogP contribution in [0.2, 0.25) is 0 Å². The first-order valence-electron chi connectivity index (χ1n) is 12.2. The molecule has 1 fully saturated rings. The van der Waals surface area contributed by atoms with Gasteiger partial charge in [-0.15, -0.1) is 0 Å². The minimum Gasteiger partial charge on any atom is -0.469 e. The molecule has 3 heterocycles. The Morgan fingerprint density at radius 3 is 2.66 bits per heavy atom. The van der Waals surface area contributed by atoms with Gasteiger partial charge in [0.05, 0.1) is 13.0 Å². The van der Waals surface area contributed by atoms with Gasteiger partial charge in [0.2, 0.25) is 0 Å². The highest BCUT2D eigenvalue weighted by Crippen LogP contribution is 2.26. The summed E-state index contributed by atoms with van der Waals surface area (Å²) in [6, 6.07) is 3.71. The van der Waals surface area contributed by atoms with Crippen LogP contribution in [0.1, 0.15) is 62.8 Å². The first-order valence-corrected chi connectivity index (χ1v) is 12.2. The Hall–Kier alpha value is -3.07. The lowest BCUT2D eigenvalue weighted by molar-refractivity contribution is -0.146. The largest absolute Gasteiger partial charge is 0.469 e. The topological polar surface area (TPSA) is 109 Å². The number of methoxy groups -OCH3 is 1. The minimum atomic E-state index is -0.288. The van der Waals surface area contributed by atoms with Crippen LogP contribution in [0.25, 0.3) is 0 Å². The highest BCUT2D eigenvalue weighted by molar-refractivity contribution is 5.98. The van der Waals surface area contributed by atoms with E-state index in [4.69, 9.17) is 9.72 Å². The summed E-state index contributed by atoms with van der Waals surface area (Å²) in [5.41, 5.74) is 1.13. The van der Waals surface area contributed by atoms with E-state index >= 15 is 0 Å². The van der Waals surface area contributed by atoms with Crippen molar-refractivity contribution in [3.8, 4) is 0 Å². The van der Waals surface area contributed by atoms with Crippen LogP contribution in [-0.4, -0.2) is 64.5 Å². The van der Waals surface area contributed by atoms with Crippen LogP contribution < -0.4 is 10.6 Å². The Kier molecular flexibility index (Phi) is 8.77. The standard InChI is InChI=1S/C26H38N6O3/c1-17(2)16-32(20-10-19(13-28-14-20)24(34)35-6)23(33)21-15-30-25(26(3,4)5)31-22(21)29-12-18-8-7-9-27-11-18/h7-9,11,15,17,19-20,28H,10,12-14,16H2,1-6H3,(H,29,30,31)/t19-,20+/m1/s1. The van der Waals surface area contributed by atoms with Gasteiger partial charge in [-0.25, -0.2) is 9.97 Å². The van der Waals surface area contributed by atoms with E-state index in [2.05, 4.69) is 34.4 Å². The number of nitrogens with zero attached hydrogens (tertiary/aromatic N) is 4. The van der Waals surface area contributed by atoms with E-state index < -0.39 is 0 Å². The smallest absolute Gasteiger partial charge is 0.310 e. The summed E-state index contributed by atoms with van der Waals surface area (Å²) in [4.78, 5) is 41.5. The molecule has 0 saturated carbocycles. The van der Waals surface area contributed by atoms with Crippen molar-refractivity contribution in [3.63, 3.8) is 0 Å². The average molecular weight is 483 g/mol. The fraction of sp³-hybridized carbons (Fsp3) is 0.577. The van der Waals surface area contributed by atoms with Gasteiger partial charge in [-0.1, -0.05) is 40.7 Å². The van der Waals surface area contributed by atoms with E-state index in [1.807, 2.05) is 37.8 Å². The van der Waals surface area contributed by atoms with E-state index in [9.17, 15) is 9.59 Å². The van der Waals surface area contributed by atoms with Gasteiger partial charge in [0.15, 0.2) is 0 Å². The number of amides is 1. The van der Waals surface area contributed by atoms with E-state index in [1.165, 1.54) is 7.11 Å². The fourth-order valence-corrected chi connectivity index (χ4v) is 4.17. The van der Waals surface area contributed by atoms with Gasteiger partial charge in [-0.3, -0.25) is 14.6 Å². The van der Waals surface area contributed by atoms with Crippen LogP contribution in [0, 0.1) is 11.8 Å². The molecule has 0 unspecified atom stereocenters. The summed E-state index contributed by atoms with van der Waals surface area (Å²) in [5, 5.41) is 6.64. The highest BCUT2D eigenvalue weighted by atomic mass is 16.5. The molecule has 2 aromatic heterocycles. The van der Waals surface area contributed by atoms with Crippen molar-refractivity contribution in [2.75, 3.05) is 32.1 Å². The molecule has 0 bridgehead atoms. The lowest BCUT2D eigenvalue weighted by atomic mass is 9.93. The summed E-state index contributed by atoms with van der Waals surface area (Å²) in [6.07, 6.45) is 5.69. The van der Waals surface area contributed by atoms with Crippen molar-refractivity contribution in [2.24, 2.45) is 11.8 Å². The zero-order chi connectivity index (χ0) is 25.6. The zero-order valence-electron chi connectivity index (χ0n) is 21.7. The van der Waals surface area contributed by atoms with E-state index in [-0.39, 0.29) is 35.2 Å². The Balaban J connectivity index is 1.93. The number of piperidine rings is 1. The molecule has 0 radical (unpaired) electrons. The third-order valence-corrected chi connectivity index (χ3v) is 6.00. The maximum absolute atomic E-state index is 14.0. The number of pyridine rings is 1. The molecule has 1 aliphatic rings. The molecule has 2 N–H and O–H groups in total. The first kappa shape index (κ1) is 26.5. The number of esters is 1. The van der Waals surface area contributed by atoms with Gasteiger partial charge in [-0.05, 0) is 24.0 Å². The predicted molar refractivity (Wildman–Crippen MR) is 135 cm³/mol. The molecule has 9 nitrogen and oxygen atoms in total. The molecule has 1 aliphatic heterocycles. The second kappa shape index (κ2) is 11.6. The molecule has 0 spiro atoms. The number of hydrogen-bond acceptors (Lipinski definition) is 8. The van der Waals surface area contributed by atoms with E-state index in [1.54, 1.807) is 18.6 Å². The molecule has 1 amide bonds. The molecule has 35 heavy (non-hydrogen) atoms. The van der Waals surface area contributed by atoms with Gasteiger partial charge in [-0.2, -0.15) is 0 Å². The van der Waals surface area contributed by atoms with E-state index in [0.717, 1.165) is 5.56 Å². The van der Waals surface area contributed by atoms with Crippen molar-refractivity contribution in [3.05, 3.63) is 47.7 Å². The molecule has 190 valence electrons. The number of rotatable bonds is 8. The van der Waals surface area contributed by atoms with E-state index in [0.29, 0.717) is 49.8 Å². The van der Waals surface area contributed by atoms with Gasteiger partial charge < -0.3 is 20.3 Å². The fourth-order valence-electron chi connectivity index (χ4n) is 4.17. The van der Waals surface area contributed by atoms with Gasteiger partial charge in [0.25, 0.3) is 5.91 Å². The summed E-state index contributed by atoms with van der Waals surface area (Å²) in [6.45, 7) is 12.5. The lowest BCUT2D eigenvalue weighted by Crippen LogP contribution is -2.53. The molecule has 2 atom stereocenters. The lowest BCUT2D eigenvalue weighted by Gasteiger charge is -2.38. The summed E-state index contributed by atoms with van der Waals surface area (Å²) in [7, 11) is 1.40. The molecule has 9 heteroatoms. The highest BCUT2D eigenvalue weighted by Gasteiger charge is 2.35. The maximum Gasteiger partial charge on any atom is 0.310 e. The molecule has 3 rings (SSSR count). The van der Waals surface area contributed by atoms with Gasteiger partial charge >= 0.3 is 5.97 Å². The van der Waals surface area contributed by atoms with Crippen LogP contribution in [0.15, 0.2) is 30.7 Å². The molecule has 2 aromatic rings. The Morgan fingerprint density at radius 2 is 2.03 bits per heavy atom. The third-order valence-electron chi connectivity index (χ3n) is 6.00. The second-order valence-electron chi connectivity index (χ2n) is 10.5. The van der Waals surface area contributed by atoms with Crippen LogP contribution in [0.3, 0.4) is 0 Å². The number of anilines is 1. The minimum absolute atomic E-state index is 0.142. The first-order chi connectivity index (χ1) is 16.6. The normalized spacial score (nSPS) is 18.3. The summed E-state index contributed by atoms with van der Waals surface area (Å²) >= 11 is 0. The van der Waals surface area contributed by atoms with Crippen molar-refractivity contribution in [1.82, 2.24) is 25.2 Å². The quantitative estimate of drug-likeness (QED) is 0.553. The molecular formula is C26H38N6O3. The molecule has 0 aromatic carbocycles. The SMILES string of the molecule is COC(=O)[C@H]1CNC[C@@H](N(CC(C)C)C(=O)c2cnc(C(C)(C)C)nc2NCc2cccnc2)C1. The van der Waals surface area contributed by atoms with Crippen LogP contribution in [-0.2, 0) is 21.5 Å². The van der Waals surface area contributed by atoms with Crippen molar-refractivity contribution >= 4 is 17.7 Å². The predicted octanol–water partition coefficient (Wildman–Crippen LogP) is 3.03. The van der Waals surface area contributed by atoms with Crippen LogP contribution in [0.5, 0.6) is 0 Å². The van der Waals surface area contributed by atoms with Crippen molar-refractivity contribution < 1.29 is 14.3 Å². The number of ether oxygens (including phenoxy) is 1. The Labute approximate surface area is 208 Å². The summed E-state index contributed by atoms with van der Waals surface area (Å²) < 4.78 is 4.96. The maximum atomic E-state index is 14.0. The molecule has 1 saturated heterocycles. The Bertz CT molecular complexity index is 1010.